The molecule has 2 aliphatic rings. The van der Waals surface area contributed by atoms with Crippen molar-refractivity contribution in [2.45, 2.75) is 44.6 Å². The highest BCUT2D eigenvalue weighted by atomic mass is 35.5. The predicted octanol–water partition coefficient (Wildman–Crippen LogP) is 4.87. The van der Waals surface area contributed by atoms with E-state index < -0.39 is 0 Å². The molecule has 0 spiro atoms. The maximum atomic E-state index is 11.5. The number of piperidine rings is 1. The second kappa shape index (κ2) is 8.54. The van der Waals surface area contributed by atoms with Crippen LogP contribution in [0.5, 0.6) is 5.75 Å². The first-order valence-electron chi connectivity index (χ1n) is 10.1. The van der Waals surface area contributed by atoms with E-state index in [1.54, 1.807) is 0 Å². The number of amides is 1. The molecule has 0 saturated carbocycles. The summed E-state index contributed by atoms with van der Waals surface area (Å²) in [6.07, 6.45) is 3.70. The van der Waals surface area contributed by atoms with E-state index >= 15 is 0 Å². The molecule has 0 aliphatic carbocycles. The number of anilines is 1. The Bertz CT molecular complexity index is 829. The molecule has 2 aliphatic heterocycles. The second-order valence-electron chi connectivity index (χ2n) is 7.94. The zero-order chi connectivity index (χ0) is 19.5. The van der Waals surface area contributed by atoms with E-state index in [-0.39, 0.29) is 12.0 Å². The van der Waals surface area contributed by atoms with Gasteiger partial charge in [0, 0.05) is 36.8 Å². The van der Waals surface area contributed by atoms with E-state index in [0.29, 0.717) is 12.3 Å². The Balaban J connectivity index is 1.27. The number of carbonyl (C=O) groups is 1. The van der Waals surface area contributed by atoms with Crippen LogP contribution in [0.4, 0.5) is 5.69 Å². The van der Waals surface area contributed by atoms with Gasteiger partial charge in [-0.25, -0.2) is 0 Å². The number of fused-ring (bicyclic) bond motifs is 1. The van der Waals surface area contributed by atoms with Gasteiger partial charge < -0.3 is 15.0 Å². The molecule has 1 saturated heterocycles. The van der Waals surface area contributed by atoms with Crippen LogP contribution in [0, 0.1) is 0 Å². The number of ether oxygens (including phenoxy) is 1. The molecule has 4 nitrogen and oxygen atoms in total. The molecule has 2 aromatic rings. The largest absolute Gasteiger partial charge is 0.490 e. The highest BCUT2D eigenvalue weighted by Gasteiger charge is 2.23. The quantitative estimate of drug-likeness (QED) is 0.781. The molecule has 4 rings (SSSR count). The van der Waals surface area contributed by atoms with Crippen LogP contribution in [0.3, 0.4) is 0 Å². The van der Waals surface area contributed by atoms with Gasteiger partial charge >= 0.3 is 0 Å². The number of aryl methyl sites for hydroxylation is 1. The van der Waals surface area contributed by atoms with Crippen molar-refractivity contribution in [3.8, 4) is 5.75 Å². The number of benzene rings is 2. The highest BCUT2D eigenvalue weighted by Crippen LogP contribution is 2.29. The Morgan fingerprint density at radius 1 is 1.14 bits per heavy atom. The standard InChI is InChI=1S/C23H27ClN2O2/c1-16(17-2-5-19(24)6-3-17)15-26-12-10-20(11-13-26)28-21-7-8-22-18(14-21)4-9-23(27)25-22/h2-3,5-8,14,16,20H,4,9-13,15H2,1H3,(H,25,27). The molecule has 1 unspecified atom stereocenters. The number of nitrogens with zero attached hydrogens (tertiary/aromatic N) is 1. The number of halogens is 1. The summed E-state index contributed by atoms with van der Waals surface area (Å²) in [7, 11) is 0. The molecule has 1 atom stereocenters. The summed E-state index contributed by atoms with van der Waals surface area (Å²) in [5, 5.41) is 3.71. The van der Waals surface area contributed by atoms with Crippen LogP contribution in [0.2, 0.25) is 5.02 Å². The molecule has 1 fully saturated rings. The molecule has 0 radical (unpaired) electrons. The van der Waals surface area contributed by atoms with Crippen molar-refractivity contribution >= 4 is 23.2 Å². The third-order valence-electron chi connectivity index (χ3n) is 5.78. The Morgan fingerprint density at radius 3 is 2.64 bits per heavy atom. The Labute approximate surface area is 171 Å². The summed E-state index contributed by atoms with van der Waals surface area (Å²) < 4.78 is 6.25. The SMILES string of the molecule is CC(CN1CCC(Oc2ccc3c(c2)CCC(=O)N3)CC1)c1ccc(Cl)cc1. The van der Waals surface area contributed by atoms with Gasteiger partial charge in [-0.15, -0.1) is 0 Å². The molecule has 1 amide bonds. The fourth-order valence-electron chi connectivity index (χ4n) is 4.12. The van der Waals surface area contributed by atoms with Crippen LogP contribution in [0.15, 0.2) is 42.5 Å². The average Bonchev–Trinajstić information content (AvgIpc) is 2.70. The van der Waals surface area contributed by atoms with Crippen molar-refractivity contribution in [3.63, 3.8) is 0 Å². The van der Waals surface area contributed by atoms with Gasteiger partial charge in [0.1, 0.15) is 11.9 Å². The number of rotatable bonds is 5. The Kier molecular flexibility index (Phi) is 5.88. The van der Waals surface area contributed by atoms with E-state index in [0.717, 1.165) is 55.4 Å². The van der Waals surface area contributed by atoms with Crippen LogP contribution in [0.25, 0.3) is 0 Å². The van der Waals surface area contributed by atoms with E-state index in [1.807, 2.05) is 24.3 Å². The van der Waals surface area contributed by atoms with Crippen LogP contribution in [0.1, 0.15) is 43.2 Å². The molecule has 2 heterocycles. The van der Waals surface area contributed by atoms with Gasteiger partial charge in [0.05, 0.1) is 0 Å². The maximum absolute atomic E-state index is 11.5. The maximum Gasteiger partial charge on any atom is 0.224 e. The zero-order valence-corrected chi connectivity index (χ0v) is 17.0. The number of carbonyl (C=O) groups excluding carboxylic acids is 1. The molecule has 2 aromatic carbocycles. The summed E-state index contributed by atoms with van der Waals surface area (Å²) in [4.78, 5) is 14.0. The molecule has 0 aromatic heterocycles. The van der Waals surface area contributed by atoms with Gasteiger partial charge in [0.25, 0.3) is 0 Å². The number of hydrogen-bond acceptors (Lipinski definition) is 3. The number of likely N-dealkylation sites (tertiary alicyclic amines) is 1. The van der Waals surface area contributed by atoms with Crippen LogP contribution in [-0.4, -0.2) is 36.5 Å². The minimum atomic E-state index is 0.0985. The van der Waals surface area contributed by atoms with E-state index in [9.17, 15) is 4.79 Å². The van der Waals surface area contributed by atoms with Gasteiger partial charge in [-0.1, -0.05) is 30.7 Å². The summed E-state index contributed by atoms with van der Waals surface area (Å²) in [6.45, 7) is 5.46. The Morgan fingerprint density at radius 2 is 1.89 bits per heavy atom. The lowest BCUT2D eigenvalue weighted by molar-refractivity contribution is -0.116. The molecule has 5 heteroatoms. The van der Waals surface area contributed by atoms with E-state index in [2.05, 4.69) is 35.3 Å². The minimum absolute atomic E-state index is 0.0985. The fourth-order valence-corrected chi connectivity index (χ4v) is 4.25. The third-order valence-corrected chi connectivity index (χ3v) is 6.03. The zero-order valence-electron chi connectivity index (χ0n) is 16.3. The first kappa shape index (κ1) is 19.3. The lowest BCUT2D eigenvalue weighted by Crippen LogP contribution is -2.39. The first-order valence-corrected chi connectivity index (χ1v) is 10.5. The van der Waals surface area contributed by atoms with Crippen molar-refractivity contribution in [2.24, 2.45) is 0 Å². The second-order valence-corrected chi connectivity index (χ2v) is 8.37. The molecule has 0 bridgehead atoms. The predicted molar refractivity (Wildman–Crippen MR) is 113 cm³/mol. The molecular formula is C23H27ClN2O2. The lowest BCUT2D eigenvalue weighted by Gasteiger charge is -2.34. The molecular weight excluding hydrogens is 372 g/mol. The summed E-state index contributed by atoms with van der Waals surface area (Å²) in [5.74, 6) is 1.51. The average molecular weight is 399 g/mol. The normalized spacial score (nSPS) is 19.0. The van der Waals surface area contributed by atoms with Gasteiger partial charge in [0.2, 0.25) is 5.91 Å². The smallest absolute Gasteiger partial charge is 0.224 e. The monoisotopic (exact) mass is 398 g/mol. The topological polar surface area (TPSA) is 41.6 Å². The Hall–Kier alpha value is -2.04. The summed E-state index contributed by atoms with van der Waals surface area (Å²) in [5.41, 5.74) is 3.44. The minimum Gasteiger partial charge on any atom is -0.490 e. The summed E-state index contributed by atoms with van der Waals surface area (Å²) >= 11 is 5.99. The van der Waals surface area contributed by atoms with Crippen molar-refractivity contribution in [2.75, 3.05) is 25.0 Å². The van der Waals surface area contributed by atoms with Crippen molar-refractivity contribution in [3.05, 3.63) is 58.6 Å². The number of nitrogens with one attached hydrogen (secondary N) is 1. The molecule has 148 valence electrons. The van der Waals surface area contributed by atoms with Gasteiger partial charge in [-0.2, -0.15) is 0 Å². The van der Waals surface area contributed by atoms with E-state index in [4.69, 9.17) is 16.3 Å². The first-order chi connectivity index (χ1) is 13.6. The van der Waals surface area contributed by atoms with Crippen molar-refractivity contribution in [1.29, 1.82) is 0 Å². The van der Waals surface area contributed by atoms with Crippen LogP contribution >= 0.6 is 11.6 Å². The third kappa shape index (κ3) is 4.68. The van der Waals surface area contributed by atoms with Crippen molar-refractivity contribution in [1.82, 2.24) is 4.90 Å². The van der Waals surface area contributed by atoms with E-state index in [1.165, 1.54) is 11.1 Å². The van der Waals surface area contributed by atoms with Crippen LogP contribution in [-0.2, 0) is 11.2 Å². The molecule has 1 N–H and O–H groups in total. The highest BCUT2D eigenvalue weighted by molar-refractivity contribution is 6.30. The number of hydrogen-bond donors (Lipinski definition) is 1. The van der Waals surface area contributed by atoms with Gasteiger partial charge in [0.15, 0.2) is 0 Å². The van der Waals surface area contributed by atoms with Crippen LogP contribution < -0.4 is 10.1 Å². The molecule has 28 heavy (non-hydrogen) atoms. The fraction of sp³-hybridized carbons (Fsp3) is 0.435. The van der Waals surface area contributed by atoms with Crippen molar-refractivity contribution < 1.29 is 9.53 Å². The lowest BCUT2D eigenvalue weighted by atomic mass is 9.99. The van der Waals surface area contributed by atoms with Gasteiger partial charge in [-0.3, -0.25) is 4.79 Å². The van der Waals surface area contributed by atoms with Gasteiger partial charge in [-0.05, 0) is 66.6 Å². The summed E-state index contributed by atoms with van der Waals surface area (Å²) in [6, 6.07) is 14.2.